The third-order valence-corrected chi connectivity index (χ3v) is 8.47. The molecule has 1 aliphatic rings. The van der Waals surface area contributed by atoms with E-state index in [1.165, 1.54) is 0 Å². The number of nitrogens with zero attached hydrogens (tertiary/aromatic N) is 5. The zero-order chi connectivity index (χ0) is 35.4. The second-order valence-corrected chi connectivity index (χ2v) is 12.2. The topological polar surface area (TPSA) is 200 Å². The number of hydrogen-bond donors (Lipinski definition) is 5. The van der Waals surface area contributed by atoms with E-state index in [9.17, 15) is 19.2 Å². The molecular formula is C36H40N10O5. The highest BCUT2D eigenvalue weighted by atomic mass is 16.5. The third kappa shape index (κ3) is 9.53. The summed E-state index contributed by atoms with van der Waals surface area (Å²) in [6.45, 7) is 1.17. The summed E-state index contributed by atoms with van der Waals surface area (Å²) in [4.78, 5) is 70.7. The van der Waals surface area contributed by atoms with E-state index >= 15 is 0 Å². The van der Waals surface area contributed by atoms with Crippen molar-refractivity contribution in [1.82, 2.24) is 45.9 Å². The van der Waals surface area contributed by atoms with Crippen LogP contribution in [0, 0.1) is 0 Å². The molecule has 0 saturated heterocycles. The number of amides is 4. The van der Waals surface area contributed by atoms with Gasteiger partial charge in [0.1, 0.15) is 17.6 Å². The molecule has 0 spiro atoms. The van der Waals surface area contributed by atoms with Gasteiger partial charge in [-0.1, -0.05) is 29.4 Å². The van der Waals surface area contributed by atoms with Gasteiger partial charge in [-0.25, -0.2) is 4.98 Å². The number of anilines is 1. The number of carbonyl (C=O) groups is 4. The number of hydrogen-bond acceptors (Lipinski definition) is 10. The van der Waals surface area contributed by atoms with Gasteiger partial charge in [-0.3, -0.25) is 24.2 Å². The Morgan fingerprint density at radius 2 is 1.80 bits per heavy atom. The SMILES string of the molecule is O=C1CN(C(=O)CCCc2nc(-c3cccnc3)no2)CCCCNC(=O)[C@H](Cc2c[nH]c3ccccc23)NC(=O)c2cccc(n2)NCCN1. The van der Waals surface area contributed by atoms with E-state index in [4.69, 9.17) is 4.52 Å². The van der Waals surface area contributed by atoms with Crippen LogP contribution in [0.5, 0.6) is 0 Å². The van der Waals surface area contributed by atoms with Crippen molar-refractivity contribution in [2.45, 2.75) is 44.6 Å². The Morgan fingerprint density at radius 1 is 0.922 bits per heavy atom. The van der Waals surface area contributed by atoms with E-state index in [0.717, 1.165) is 22.0 Å². The van der Waals surface area contributed by atoms with Crippen molar-refractivity contribution in [3.8, 4) is 11.4 Å². The summed E-state index contributed by atoms with van der Waals surface area (Å²) >= 11 is 0. The molecule has 5 N–H and O–H groups in total. The molecule has 1 aromatic carbocycles. The van der Waals surface area contributed by atoms with Gasteiger partial charge in [0.15, 0.2) is 0 Å². The van der Waals surface area contributed by atoms with Crippen LogP contribution in [-0.4, -0.2) is 92.4 Å². The molecular weight excluding hydrogens is 652 g/mol. The zero-order valence-corrected chi connectivity index (χ0v) is 28.1. The van der Waals surface area contributed by atoms with Gasteiger partial charge in [0, 0.05) is 80.5 Å². The van der Waals surface area contributed by atoms with Gasteiger partial charge in [0.25, 0.3) is 5.91 Å². The quantitative estimate of drug-likeness (QED) is 0.169. The Morgan fingerprint density at radius 3 is 2.69 bits per heavy atom. The number of nitrogens with one attached hydrogen (secondary N) is 5. The lowest BCUT2D eigenvalue weighted by atomic mass is 10.0. The van der Waals surface area contributed by atoms with Crippen LogP contribution in [0.15, 0.2) is 77.7 Å². The number of aromatic amines is 1. The predicted octanol–water partition coefficient (Wildman–Crippen LogP) is 2.64. The Bertz CT molecular complexity index is 1960. The summed E-state index contributed by atoms with van der Waals surface area (Å²) in [6, 6.07) is 15.5. The smallest absolute Gasteiger partial charge is 0.270 e. The predicted molar refractivity (Wildman–Crippen MR) is 188 cm³/mol. The number of aromatic nitrogens is 5. The lowest BCUT2D eigenvalue weighted by molar-refractivity contribution is -0.136. The Balaban J connectivity index is 1.09. The van der Waals surface area contributed by atoms with Gasteiger partial charge >= 0.3 is 0 Å². The fourth-order valence-electron chi connectivity index (χ4n) is 5.82. The molecule has 4 amide bonds. The average Bonchev–Trinajstić information content (AvgIpc) is 3.80. The molecule has 1 atom stereocenters. The fraction of sp³-hybridized carbons (Fsp3) is 0.333. The molecule has 0 fully saturated rings. The van der Waals surface area contributed by atoms with E-state index in [1.54, 1.807) is 41.6 Å². The largest absolute Gasteiger partial charge is 0.368 e. The summed E-state index contributed by atoms with van der Waals surface area (Å²) in [5.41, 5.74) is 2.72. The monoisotopic (exact) mass is 692 g/mol. The maximum absolute atomic E-state index is 13.5. The van der Waals surface area contributed by atoms with E-state index < -0.39 is 11.9 Å². The van der Waals surface area contributed by atoms with Gasteiger partial charge in [-0.05, 0) is 55.2 Å². The molecule has 6 rings (SSSR count). The number of fused-ring (bicyclic) bond motifs is 3. The van der Waals surface area contributed by atoms with Crippen molar-refractivity contribution in [3.05, 3.63) is 90.3 Å². The van der Waals surface area contributed by atoms with Gasteiger partial charge in [-0.2, -0.15) is 4.98 Å². The maximum Gasteiger partial charge on any atom is 0.270 e. The molecule has 2 bridgehead atoms. The molecule has 15 heteroatoms. The summed E-state index contributed by atoms with van der Waals surface area (Å²) in [5, 5.41) is 16.8. The molecule has 1 aliphatic heterocycles. The summed E-state index contributed by atoms with van der Waals surface area (Å²) < 4.78 is 5.36. The summed E-state index contributed by atoms with van der Waals surface area (Å²) in [6.07, 6.45) is 7.58. The first kappa shape index (κ1) is 34.7. The maximum atomic E-state index is 13.5. The van der Waals surface area contributed by atoms with Crippen molar-refractivity contribution in [1.29, 1.82) is 0 Å². The Hall–Kier alpha value is -6.12. The Kier molecular flexibility index (Phi) is 11.6. The van der Waals surface area contributed by atoms with Crippen LogP contribution in [0.25, 0.3) is 22.3 Å². The number of carbonyl (C=O) groups excluding carboxylic acids is 4. The highest BCUT2D eigenvalue weighted by Crippen LogP contribution is 2.20. The van der Waals surface area contributed by atoms with Gasteiger partial charge in [0.05, 0.1) is 6.54 Å². The first-order chi connectivity index (χ1) is 24.9. The first-order valence-electron chi connectivity index (χ1n) is 17.0. The summed E-state index contributed by atoms with van der Waals surface area (Å²) in [5.74, 6) is 0.00711. The molecule has 5 aromatic rings. The first-order valence-corrected chi connectivity index (χ1v) is 17.0. The number of H-pyrrole nitrogens is 1. The molecule has 5 heterocycles. The molecule has 0 unspecified atom stereocenters. The fourth-order valence-corrected chi connectivity index (χ4v) is 5.82. The van der Waals surface area contributed by atoms with Crippen LogP contribution in [0.1, 0.15) is 47.6 Å². The Labute approximate surface area is 294 Å². The minimum absolute atomic E-state index is 0.101. The van der Waals surface area contributed by atoms with Crippen LogP contribution < -0.4 is 21.3 Å². The van der Waals surface area contributed by atoms with Crippen molar-refractivity contribution >= 4 is 40.3 Å². The zero-order valence-electron chi connectivity index (χ0n) is 28.1. The highest BCUT2D eigenvalue weighted by molar-refractivity contribution is 5.97. The van der Waals surface area contributed by atoms with Crippen LogP contribution >= 0.6 is 0 Å². The van der Waals surface area contributed by atoms with Crippen molar-refractivity contribution in [2.75, 3.05) is 38.0 Å². The number of pyridine rings is 2. The minimum atomic E-state index is -0.864. The van der Waals surface area contributed by atoms with Crippen molar-refractivity contribution in [2.24, 2.45) is 0 Å². The normalized spacial score (nSPS) is 16.6. The number of rotatable bonds is 7. The number of para-hydroxylation sites is 1. The van der Waals surface area contributed by atoms with Crippen molar-refractivity contribution < 1.29 is 23.7 Å². The average molecular weight is 693 g/mol. The van der Waals surface area contributed by atoms with Gasteiger partial charge in [-0.15, -0.1) is 0 Å². The third-order valence-electron chi connectivity index (χ3n) is 8.47. The standard InChI is InChI=1S/C36H40N10O5/c47-31-23-46(33(48)14-6-13-32-44-34(45-51-32)24-8-7-15-37-21-24)19-4-3-16-40-35(49)29(20-25-22-41-27-10-2-1-9-26(25)27)43-36(50)28-11-5-12-30(42-28)38-17-18-39-31/h1-2,5,7-12,15,21-22,29,41H,3-4,6,13-14,16-20,23H2,(H,38,42)(H,39,47)(H,40,49)(H,43,50)/t29-/m0/s1. The molecule has 4 aromatic heterocycles. The molecule has 0 saturated carbocycles. The van der Waals surface area contributed by atoms with E-state index in [2.05, 4.69) is 46.4 Å². The molecule has 0 aliphatic carbocycles. The molecule has 15 nitrogen and oxygen atoms in total. The second kappa shape index (κ2) is 17.0. The van der Waals surface area contributed by atoms with Gasteiger partial charge < -0.3 is 35.7 Å². The minimum Gasteiger partial charge on any atom is -0.368 e. The molecule has 51 heavy (non-hydrogen) atoms. The summed E-state index contributed by atoms with van der Waals surface area (Å²) in [7, 11) is 0. The van der Waals surface area contributed by atoms with Crippen LogP contribution in [0.2, 0.25) is 0 Å². The van der Waals surface area contributed by atoms with Crippen molar-refractivity contribution in [3.63, 3.8) is 0 Å². The van der Waals surface area contributed by atoms with Gasteiger partial charge in [0.2, 0.25) is 29.4 Å². The van der Waals surface area contributed by atoms with E-state index in [1.807, 2.05) is 36.5 Å². The van der Waals surface area contributed by atoms with Crippen LogP contribution in [-0.2, 0) is 27.2 Å². The number of aryl methyl sites for hydroxylation is 1. The van der Waals surface area contributed by atoms with E-state index in [0.29, 0.717) is 62.9 Å². The highest BCUT2D eigenvalue weighted by Gasteiger charge is 2.24. The van der Waals surface area contributed by atoms with E-state index in [-0.39, 0.29) is 49.3 Å². The lowest BCUT2D eigenvalue weighted by Crippen LogP contribution is -2.48. The van der Waals surface area contributed by atoms with Crippen LogP contribution in [0.4, 0.5) is 5.82 Å². The molecule has 0 radical (unpaired) electrons. The van der Waals surface area contributed by atoms with Crippen LogP contribution in [0.3, 0.4) is 0 Å². The number of benzene rings is 1. The second-order valence-electron chi connectivity index (χ2n) is 12.2. The molecule has 264 valence electrons. The lowest BCUT2D eigenvalue weighted by Gasteiger charge is -2.22.